The van der Waals surface area contributed by atoms with Crippen molar-refractivity contribution in [3.05, 3.63) is 40.6 Å². The van der Waals surface area contributed by atoms with Gasteiger partial charge in [-0.3, -0.25) is 4.98 Å². The maximum Gasteiger partial charge on any atom is 0.133 e. The lowest BCUT2D eigenvalue weighted by molar-refractivity contribution is 1.03. The van der Waals surface area contributed by atoms with Crippen LogP contribution in [0.4, 0.5) is 0 Å². The first-order chi connectivity index (χ1) is 7.72. The molecular weight excluding hydrogens is 218 g/mol. The molecule has 0 saturated carbocycles. The van der Waals surface area contributed by atoms with Crippen molar-refractivity contribution in [2.45, 2.75) is 20.3 Å². The summed E-state index contributed by atoms with van der Waals surface area (Å²) in [5.74, 6) is 0. The Morgan fingerprint density at radius 2 is 2.12 bits per heavy atom. The first-order valence-electron chi connectivity index (χ1n) is 5.22. The molecule has 2 rings (SSSR count). The van der Waals surface area contributed by atoms with E-state index in [2.05, 4.69) is 21.9 Å². The van der Waals surface area contributed by atoms with Gasteiger partial charge in [0.25, 0.3) is 0 Å². The van der Waals surface area contributed by atoms with Crippen LogP contribution < -0.4 is 0 Å². The third-order valence-electron chi connectivity index (χ3n) is 2.50. The van der Waals surface area contributed by atoms with Gasteiger partial charge in [0.1, 0.15) is 4.64 Å². The largest absolute Gasteiger partial charge is 0.345 e. The first-order valence-corrected chi connectivity index (χ1v) is 5.62. The highest BCUT2D eigenvalue weighted by molar-refractivity contribution is 7.71. The van der Waals surface area contributed by atoms with Crippen LogP contribution in [0.25, 0.3) is 11.3 Å². The van der Waals surface area contributed by atoms with Crippen LogP contribution >= 0.6 is 12.2 Å². The number of aromatic nitrogens is 3. The fraction of sp³-hybridized carbons (Fsp3) is 0.250. The molecule has 16 heavy (non-hydrogen) atoms. The van der Waals surface area contributed by atoms with Gasteiger partial charge in [-0.2, -0.15) is 0 Å². The van der Waals surface area contributed by atoms with Gasteiger partial charge >= 0.3 is 0 Å². The van der Waals surface area contributed by atoms with Crippen molar-refractivity contribution < 1.29 is 0 Å². The second kappa shape index (κ2) is 4.53. The molecule has 82 valence electrons. The molecule has 0 aliphatic heterocycles. The highest BCUT2D eigenvalue weighted by Crippen LogP contribution is 2.20. The maximum absolute atomic E-state index is 5.21. The van der Waals surface area contributed by atoms with E-state index in [0.29, 0.717) is 4.64 Å². The summed E-state index contributed by atoms with van der Waals surface area (Å²) in [6, 6.07) is 4.04. The van der Waals surface area contributed by atoms with E-state index in [0.717, 1.165) is 28.9 Å². The maximum atomic E-state index is 5.21. The lowest BCUT2D eigenvalue weighted by Crippen LogP contribution is -1.95. The smallest absolute Gasteiger partial charge is 0.133 e. The molecule has 0 saturated heterocycles. The summed E-state index contributed by atoms with van der Waals surface area (Å²) >= 11 is 5.21. The van der Waals surface area contributed by atoms with Gasteiger partial charge in [-0.15, -0.1) is 0 Å². The predicted octanol–water partition coefficient (Wildman–Crippen LogP) is 3.07. The summed E-state index contributed by atoms with van der Waals surface area (Å²) in [7, 11) is 0. The van der Waals surface area contributed by atoms with Crippen LogP contribution in [0.2, 0.25) is 0 Å². The Labute approximate surface area is 99.6 Å². The summed E-state index contributed by atoms with van der Waals surface area (Å²) < 4.78 is 0.664. The number of pyridine rings is 1. The molecule has 0 radical (unpaired) electrons. The van der Waals surface area contributed by atoms with Crippen LogP contribution in [0.15, 0.2) is 24.7 Å². The Kier molecular flexibility index (Phi) is 3.10. The molecule has 0 spiro atoms. The van der Waals surface area contributed by atoms with E-state index in [1.54, 1.807) is 6.33 Å². The zero-order chi connectivity index (χ0) is 11.5. The molecular formula is C12H13N3S. The van der Waals surface area contributed by atoms with Crippen molar-refractivity contribution in [1.29, 1.82) is 0 Å². The molecule has 3 nitrogen and oxygen atoms in total. The average Bonchev–Trinajstić information content (AvgIpc) is 2.30. The van der Waals surface area contributed by atoms with E-state index < -0.39 is 0 Å². The molecule has 0 aliphatic rings. The van der Waals surface area contributed by atoms with E-state index in [9.17, 15) is 0 Å². The summed E-state index contributed by atoms with van der Waals surface area (Å²) in [5, 5.41) is 0. The number of hydrogen-bond donors (Lipinski definition) is 1. The van der Waals surface area contributed by atoms with E-state index in [1.807, 2.05) is 25.3 Å². The summed E-state index contributed by atoms with van der Waals surface area (Å²) in [6.07, 6.45) is 4.36. The molecule has 0 bridgehead atoms. The first kappa shape index (κ1) is 11.0. The van der Waals surface area contributed by atoms with Crippen LogP contribution in [0.3, 0.4) is 0 Å². The molecule has 2 aromatic heterocycles. The molecule has 0 unspecified atom stereocenters. The monoisotopic (exact) mass is 231 g/mol. The SMILES string of the molecule is CCc1c(-c2ccc(C)nc2)[nH]cnc1=S. The van der Waals surface area contributed by atoms with Gasteiger partial charge in [-0.25, -0.2) is 4.98 Å². The molecule has 4 heteroatoms. The number of nitrogens with zero attached hydrogens (tertiary/aromatic N) is 2. The average molecular weight is 231 g/mol. The zero-order valence-electron chi connectivity index (χ0n) is 9.32. The molecule has 2 heterocycles. The van der Waals surface area contributed by atoms with E-state index in [4.69, 9.17) is 12.2 Å². The Morgan fingerprint density at radius 1 is 1.31 bits per heavy atom. The van der Waals surface area contributed by atoms with Crippen molar-refractivity contribution in [1.82, 2.24) is 15.0 Å². The topological polar surface area (TPSA) is 41.6 Å². The highest BCUT2D eigenvalue weighted by Gasteiger charge is 2.06. The third-order valence-corrected chi connectivity index (χ3v) is 2.86. The Hall–Kier alpha value is -1.55. The quantitative estimate of drug-likeness (QED) is 0.808. The third kappa shape index (κ3) is 2.02. The van der Waals surface area contributed by atoms with Gasteiger partial charge in [0.2, 0.25) is 0 Å². The molecule has 2 aromatic rings. The van der Waals surface area contributed by atoms with Gasteiger partial charge in [0.15, 0.2) is 0 Å². The molecule has 0 fully saturated rings. The molecule has 0 aromatic carbocycles. The fourth-order valence-electron chi connectivity index (χ4n) is 1.63. The lowest BCUT2D eigenvalue weighted by atomic mass is 10.1. The Bertz CT molecular complexity index is 543. The van der Waals surface area contributed by atoms with Crippen LogP contribution in [-0.2, 0) is 6.42 Å². The fourth-order valence-corrected chi connectivity index (χ4v) is 1.93. The van der Waals surface area contributed by atoms with Crippen LogP contribution in [-0.4, -0.2) is 15.0 Å². The van der Waals surface area contributed by atoms with Crippen LogP contribution in [0, 0.1) is 11.6 Å². The molecule has 0 atom stereocenters. The Balaban J connectivity index is 2.60. The predicted molar refractivity (Wildman–Crippen MR) is 66.8 cm³/mol. The van der Waals surface area contributed by atoms with Crippen molar-refractivity contribution in [3.63, 3.8) is 0 Å². The minimum absolute atomic E-state index is 0.664. The van der Waals surface area contributed by atoms with Gasteiger partial charge in [-0.1, -0.05) is 19.1 Å². The minimum Gasteiger partial charge on any atom is -0.345 e. The lowest BCUT2D eigenvalue weighted by Gasteiger charge is -2.07. The second-order valence-electron chi connectivity index (χ2n) is 3.60. The molecule has 0 amide bonds. The van der Waals surface area contributed by atoms with E-state index in [1.165, 1.54) is 0 Å². The number of nitrogens with one attached hydrogen (secondary N) is 1. The number of H-pyrrole nitrogens is 1. The van der Waals surface area contributed by atoms with Crippen molar-refractivity contribution in [2.24, 2.45) is 0 Å². The van der Waals surface area contributed by atoms with E-state index in [-0.39, 0.29) is 0 Å². The highest BCUT2D eigenvalue weighted by atomic mass is 32.1. The Morgan fingerprint density at radius 3 is 2.75 bits per heavy atom. The standard InChI is InChI=1S/C12H13N3S/c1-3-10-11(14-7-15-12(10)16)9-5-4-8(2)13-6-9/h4-7H,3H2,1-2H3,(H,14,15,16). The van der Waals surface area contributed by atoms with E-state index >= 15 is 0 Å². The van der Waals surface area contributed by atoms with Gasteiger partial charge in [0, 0.05) is 23.0 Å². The minimum atomic E-state index is 0.664. The van der Waals surface area contributed by atoms with Crippen LogP contribution in [0.1, 0.15) is 18.2 Å². The van der Waals surface area contributed by atoms with Crippen LogP contribution in [0.5, 0.6) is 0 Å². The molecule has 1 N–H and O–H groups in total. The summed E-state index contributed by atoms with van der Waals surface area (Å²) in [5.41, 5.74) is 4.16. The zero-order valence-corrected chi connectivity index (χ0v) is 10.1. The molecule has 0 aliphatic carbocycles. The van der Waals surface area contributed by atoms with Crippen molar-refractivity contribution in [2.75, 3.05) is 0 Å². The number of rotatable bonds is 2. The van der Waals surface area contributed by atoms with Gasteiger partial charge < -0.3 is 4.98 Å². The normalized spacial score (nSPS) is 10.4. The number of aromatic amines is 1. The number of hydrogen-bond acceptors (Lipinski definition) is 3. The number of aryl methyl sites for hydroxylation is 1. The second-order valence-corrected chi connectivity index (χ2v) is 3.99. The van der Waals surface area contributed by atoms with Crippen molar-refractivity contribution >= 4 is 12.2 Å². The summed E-state index contributed by atoms with van der Waals surface area (Å²) in [4.78, 5) is 11.5. The van der Waals surface area contributed by atoms with Gasteiger partial charge in [-0.05, 0) is 25.5 Å². The van der Waals surface area contributed by atoms with Gasteiger partial charge in [0.05, 0.1) is 12.0 Å². The van der Waals surface area contributed by atoms with Crippen molar-refractivity contribution in [3.8, 4) is 11.3 Å². The summed E-state index contributed by atoms with van der Waals surface area (Å²) in [6.45, 7) is 4.05.